The first-order chi connectivity index (χ1) is 14.9. The molecule has 7 heteroatoms. The van der Waals surface area contributed by atoms with Gasteiger partial charge < -0.3 is 9.64 Å². The summed E-state index contributed by atoms with van der Waals surface area (Å²) >= 11 is 12.2. The zero-order valence-electron chi connectivity index (χ0n) is 17.7. The molecule has 2 aromatic carbocycles. The molecular formula is C24H25Cl2N3O2. The van der Waals surface area contributed by atoms with Crippen LogP contribution in [0.25, 0.3) is 11.3 Å². The van der Waals surface area contributed by atoms with Crippen LogP contribution >= 0.6 is 23.2 Å². The maximum Gasteiger partial charge on any atom is 0.223 e. The molecule has 1 aliphatic heterocycles. The molecule has 0 saturated heterocycles. The lowest BCUT2D eigenvalue weighted by atomic mass is 10.0. The van der Waals surface area contributed by atoms with E-state index in [9.17, 15) is 4.79 Å². The molecule has 1 aliphatic rings. The van der Waals surface area contributed by atoms with E-state index < -0.39 is 0 Å². The Balaban J connectivity index is 1.33. The lowest BCUT2D eigenvalue weighted by Crippen LogP contribution is -2.36. The van der Waals surface area contributed by atoms with E-state index in [0.717, 1.165) is 50.8 Å². The number of aryl methyl sites for hydroxylation is 2. The van der Waals surface area contributed by atoms with E-state index in [-0.39, 0.29) is 5.91 Å². The van der Waals surface area contributed by atoms with Gasteiger partial charge in [0, 0.05) is 52.8 Å². The number of carbonyl (C=O) groups excluding carboxylic acids is 1. The first-order valence-corrected chi connectivity index (χ1v) is 11.2. The van der Waals surface area contributed by atoms with Crippen molar-refractivity contribution in [1.82, 2.24) is 15.1 Å². The van der Waals surface area contributed by atoms with Crippen LogP contribution in [0.4, 0.5) is 0 Å². The van der Waals surface area contributed by atoms with Crippen molar-refractivity contribution in [1.29, 1.82) is 0 Å². The Morgan fingerprint density at radius 1 is 1.16 bits per heavy atom. The van der Waals surface area contributed by atoms with Crippen LogP contribution in [0.3, 0.4) is 0 Å². The van der Waals surface area contributed by atoms with E-state index in [2.05, 4.69) is 10.2 Å². The summed E-state index contributed by atoms with van der Waals surface area (Å²) in [6, 6.07) is 11.5. The van der Waals surface area contributed by atoms with Crippen LogP contribution < -0.4 is 4.74 Å². The molecule has 0 saturated carbocycles. The molecule has 0 radical (unpaired) electrons. The van der Waals surface area contributed by atoms with Gasteiger partial charge in [0.2, 0.25) is 5.91 Å². The summed E-state index contributed by atoms with van der Waals surface area (Å²) in [7, 11) is 0. The number of rotatable bonds is 6. The fourth-order valence-corrected chi connectivity index (χ4v) is 4.15. The highest BCUT2D eigenvalue weighted by Gasteiger charge is 2.25. The Bertz CT molecular complexity index is 1070. The topological polar surface area (TPSA) is 58.2 Å². The van der Waals surface area contributed by atoms with E-state index in [0.29, 0.717) is 37.6 Å². The Hall–Kier alpha value is -2.50. The van der Waals surface area contributed by atoms with E-state index in [1.165, 1.54) is 0 Å². The number of nitrogens with zero attached hydrogens (tertiary/aromatic N) is 2. The molecular weight excluding hydrogens is 433 g/mol. The summed E-state index contributed by atoms with van der Waals surface area (Å²) < 4.78 is 5.84. The van der Waals surface area contributed by atoms with Crippen molar-refractivity contribution in [3.63, 3.8) is 0 Å². The van der Waals surface area contributed by atoms with Gasteiger partial charge in [0.05, 0.1) is 12.3 Å². The number of amides is 1. The minimum absolute atomic E-state index is 0.140. The normalized spacial score (nSPS) is 13.2. The van der Waals surface area contributed by atoms with Crippen LogP contribution in [0.2, 0.25) is 10.0 Å². The minimum Gasteiger partial charge on any atom is -0.494 e. The van der Waals surface area contributed by atoms with Crippen LogP contribution in [-0.2, 0) is 17.8 Å². The van der Waals surface area contributed by atoms with Gasteiger partial charge in [-0.2, -0.15) is 5.10 Å². The summed E-state index contributed by atoms with van der Waals surface area (Å²) in [4.78, 5) is 14.7. The number of hydrogen-bond donors (Lipinski definition) is 1. The molecule has 31 heavy (non-hydrogen) atoms. The third kappa shape index (κ3) is 4.89. The van der Waals surface area contributed by atoms with Gasteiger partial charge in [-0.1, -0.05) is 35.3 Å². The zero-order chi connectivity index (χ0) is 22.0. The Labute approximate surface area is 192 Å². The highest BCUT2D eigenvalue weighted by atomic mass is 35.5. The molecule has 3 aromatic rings. The van der Waals surface area contributed by atoms with Crippen molar-refractivity contribution in [2.75, 3.05) is 13.2 Å². The molecule has 5 nitrogen and oxygen atoms in total. The zero-order valence-corrected chi connectivity index (χ0v) is 19.2. The summed E-state index contributed by atoms with van der Waals surface area (Å²) in [5, 5.41) is 9.08. The van der Waals surface area contributed by atoms with Gasteiger partial charge >= 0.3 is 0 Å². The first kappa shape index (κ1) is 21.7. The number of H-pyrrole nitrogens is 1. The average molecular weight is 458 g/mol. The number of benzene rings is 2. The third-order valence-electron chi connectivity index (χ3n) is 5.62. The molecule has 1 N–H and O–H groups in total. The fraction of sp³-hybridized carbons (Fsp3) is 0.333. The van der Waals surface area contributed by atoms with Crippen LogP contribution in [0.5, 0.6) is 5.75 Å². The first-order valence-electron chi connectivity index (χ1n) is 10.4. The third-order valence-corrected chi connectivity index (χ3v) is 6.47. The van der Waals surface area contributed by atoms with Crippen molar-refractivity contribution in [2.45, 2.75) is 39.7 Å². The van der Waals surface area contributed by atoms with Gasteiger partial charge in [0.15, 0.2) is 0 Å². The summed E-state index contributed by atoms with van der Waals surface area (Å²) in [6.07, 6.45) is 1.90. The number of nitrogens with one attached hydrogen (secondary N) is 1. The van der Waals surface area contributed by atoms with Gasteiger partial charge in [-0.3, -0.25) is 9.89 Å². The van der Waals surface area contributed by atoms with Gasteiger partial charge in [-0.05, 0) is 55.7 Å². The van der Waals surface area contributed by atoms with Gasteiger partial charge in [-0.25, -0.2) is 0 Å². The second kappa shape index (κ2) is 9.33. The summed E-state index contributed by atoms with van der Waals surface area (Å²) in [5.74, 6) is 0.932. The molecule has 0 atom stereocenters. The van der Waals surface area contributed by atoms with Crippen LogP contribution in [0, 0.1) is 13.8 Å². The number of halogens is 2. The highest BCUT2D eigenvalue weighted by molar-refractivity contribution is 6.32. The maximum atomic E-state index is 12.8. The largest absolute Gasteiger partial charge is 0.494 e. The van der Waals surface area contributed by atoms with Gasteiger partial charge in [0.25, 0.3) is 0 Å². The molecule has 0 spiro atoms. The Kier molecular flexibility index (Phi) is 6.54. The summed E-state index contributed by atoms with van der Waals surface area (Å²) in [6.45, 7) is 5.69. The lowest BCUT2D eigenvalue weighted by Gasteiger charge is -2.27. The molecule has 0 bridgehead atoms. The number of aromatic nitrogens is 2. The molecule has 1 aromatic heterocycles. The van der Waals surface area contributed by atoms with Crippen molar-refractivity contribution < 1.29 is 9.53 Å². The van der Waals surface area contributed by atoms with Crippen LogP contribution in [0.15, 0.2) is 36.4 Å². The average Bonchev–Trinajstić information content (AvgIpc) is 3.18. The molecule has 4 rings (SSSR count). The van der Waals surface area contributed by atoms with E-state index >= 15 is 0 Å². The molecule has 1 amide bonds. The number of hydrogen-bond acceptors (Lipinski definition) is 3. The molecule has 0 unspecified atom stereocenters. The van der Waals surface area contributed by atoms with E-state index in [4.69, 9.17) is 27.9 Å². The smallest absolute Gasteiger partial charge is 0.223 e. The van der Waals surface area contributed by atoms with Crippen LogP contribution in [-0.4, -0.2) is 34.2 Å². The second-order valence-electron chi connectivity index (χ2n) is 7.92. The Morgan fingerprint density at radius 2 is 1.87 bits per heavy atom. The maximum absolute atomic E-state index is 12.8. The molecule has 0 fully saturated rings. The SMILES string of the molecule is Cc1cc(OCCCC(=O)N2CCc3[nH]nc(-c4ccc(Cl)cc4)c3C2)cc(C)c1Cl. The standard InChI is InChI=1S/C24H25Cl2N3O2/c1-15-12-19(13-16(2)23(15)26)31-11-3-4-22(30)29-10-9-21-20(14-29)24(28-27-21)17-5-7-18(25)8-6-17/h5-8,12-13H,3-4,9-11,14H2,1-2H3,(H,27,28). The molecule has 162 valence electrons. The molecule has 0 aliphatic carbocycles. The van der Waals surface area contributed by atoms with Crippen molar-refractivity contribution in [3.8, 4) is 17.0 Å². The van der Waals surface area contributed by atoms with Gasteiger partial charge in [-0.15, -0.1) is 0 Å². The van der Waals surface area contributed by atoms with Crippen molar-refractivity contribution >= 4 is 29.1 Å². The predicted molar refractivity (Wildman–Crippen MR) is 124 cm³/mol. The lowest BCUT2D eigenvalue weighted by molar-refractivity contribution is -0.132. The predicted octanol–water partition coefficient (Wildman–Crippen LogP) is 5.74. The number of fused-ring (bicyclic) bond motifs is 1. The number of aromatic amines is 1. The second-order valence-corrected chi connectivity index (χ2v) is 8.74. The number of ether oxygens (including phenoxy) is 1. The summed E-state index contributed by atoms with van der Waals surface area (Å²) in [5.41, 5.74) is 6.07. The van der Waals surface area contributed by atoms with Crippen molar-refractivity contribution in [3.05, 3.63) is 68.8 Å². The quantitative estimate of drug-likeness (QED) is 0.479. The van der Waals surface area contributed by atoms with Crippen molar-refractivity contribution in [2.24, 2.45) is 0 Å². The van der Waals surface area contributed by atoms with E-state index in [1.807, 2.05) is 55.1 Å². The minimum atomic E-state index is 0.140. The number of carbonyl (C=O) groups is 1. The monoisotopic (exact) mass is 457 g/mol. The Morgan fingerprint density at radius 3 is 2.58 bits per heavy atom. The highest BCUT2D eigenvalue weighted by Crippen LogP contribution is 2.30. The van der Waals surface area contributed by atoms with Gasteiger partial charge in [0.1, 0.15) is 5.75 Å². The van der Waals surface area contributed by atoms with E-state index in [1.54, 1.807) is 0 Å². The van der Waals surface area contributed by atoms with Crippen LogP contribution in [0.1, 0.15) is 35.2 Å². The fourth-order valence-electron chi connectivity index (χ4n) is 3.92. The molecule has 2 heterocycles.